The Morgan fingerprint density at radius 2 is 1.93 bits per heavy atom. The molecule has 1 heterocycles. The lowest BCUT2D eigenvalue weighted by atomic mass is 10.2. The van der Waals surface area contributed by atoms with Crippen molar-refractivity contribution in [2.45, 2.75) is 0 Å². The third-order valence-electron chi connectivity index (χ3n) is 1.63. The Kier molecular flexibility index (Phi) is 2.61. The fourth-order valence-corrected chi connectivity index (χ4v) is 1.36. The van der Waals surface area contributed by atoms with Crippen LogP contribution in [0, 0.1) is 0 Å². The first-order valence-electron chi connectivity index (χ1n) is 3.86. The third-order valence-corrected chi connectivity index (χ3v) is 2.04. The first-order valence-corrected chi connectivity index (χ1v) is 4.62. The summed E-state index contributed by atoms with van der Waals surface area (Å²) in [4.78, 5) is 11.7. The third kappa shape index (κ3) is 2.00. The van der Waals surface area contributed by atoms with E-state index in [2.05, 4.69) is 15.0 Å². The molecule has 0 fully saturated rings. The number of halogens is 2. The van der Waals surface area contributed by atoms with Crippen LogP contribution >= 0.6 is 23.2 Å². The maximum absolute atomic E-state index is 5.83. The Hall–Kier alpha value is -1.19. The van der Waals surface area contributed by atoms with Crippen molar-refractivity contribution in [3.8, 4) is 11.4 Å². The number of rotatable bonds is 1. The van der Waals surface area contributed by atoms with Gasteiger partial charge in [0.15, 0.2) is 5.82 Å². The van der Waals surface area contributed by atoms with Crippen molar-refractivity contribution in [1.82, 2.24) is 15.0 Å². The smallest absolute Gasteiger partial charge is 0.216 e. The lowest BCUT2D eigenvalue weighted by Crippen LogP contribution is -1.90. The van der Waals surface area contributed by atoms with Gasteiger partial charge in [0, 0.05) is 10.6 Å². The van der Waals surface area contributed by atoms with Crippen LogP contribution in [0.15, 0.2) is 30.6 Å². The Balaban J connectivity index is 2.49. The molecule has 0 N–H and O–H groups in total. The summed E-state index contributed by atoms with van der Waals surface area (Å²) in [6.07, 6.45) is 1.37. The van der Waals surface area contributed by atoms with Gasteiger partial charge in [-0.2, -0.15) is 4.98 Å². The Morgan fingerprint density at radius 1 is 1.07 bits per heavy atom. The SMILES string of the molecule is Clc1cccc(-c2ncnc(Cl)n2)c1. The average molecular weight is 226 g/mol. The van der Waals surface area contributed by atoms with Gasteiger partial charge in [0.1, 0.15) is 6.33 Å². The van der Waals surface area contributed by atoms with Crippen LogP contribution < -0.4 is 0 Å². The molecule has 0 spiro atoms. The zero-order valence-corrected chi connectivity index (χ0v) is 8.50. The van der Waals surface area contributed by atoms with E-state index >= 15 is 0 Å². The van der Waals surface area contributed by atoms with Gasteiger partial charge in [-0.05, 0) is 23.7 Å². The highest BCUT2D eigenvalue weighted by Crippen LogP contribution is 2.19. The van der Waals surface area contributed by atoms with Crippen molar-refractivity contribution >= 4 is 23.2 Å². The first kappa shape index (κ1) is 9.37. The number of hydrogen-bond acceptors (Lipinski definition) is 3. The lowest BCUT2D eigenvalue weighted by molar-refractivity contribution is 1.06. The van der Waals surface area contributed by atoms with Gasteiger partial charge in [-0.1, -0.05) is 23.7 Å². The summed E-state index contributed by atoms with van der Waals surface area (Å²) in [5.41, 5.74) is 0.821. The van der Waals surface area contributed by atoms with Gasteiger partial charge >= 0.3 is 0 Å². The molecule has 1 aromatic heterocycles. The van der Waals surface area contributed by atoms with Crippen molar-refractivity contribution in [2.24, 2.45) is 0 Å². The summed E-state index contributed by atoms with van der Waals surface area (Å²) >= 11 is 11.5. The largest absolute Gasteiger partial charge is 0.225 e. The molecular formula is C9H5Cl2N3. The molecule has 0 amide bonds. The van der Waals surface area contributed by atoms with Gasteiger partial charge in [0.05, 0.1) is 0 Å². The first-order chi connectivity index (χ1) is 6.75. The fourth-order valence-electron chi connectivity index (χ4n) is 1.04. The predicted octanol–water partition coefficient (Wildman–Crippen LogP) is 2.85. The van der Waals surface area contributed by atoms with Gasteiger partial charge in [0.2, 0.25) is 5.28 Å². The molecule has 0 atom stereocenters. The second-order valence-electron chi connectivity index (χ2n) is 2.59. The van der Waals surface area contributed by atoms with E-state index in [0.717, 1.165) is 5.56 Å². The summed E-state index contributed by atoms with van der Waals surface area (Å²) in [5, 5.41) is 0.814. The summed E-state index contributed by atoms with van der Waals surface area (Å²) < 4.78 is 0. The maximum atomic E-state index is 5.83. The standard InChI is InChI=1S/C9H5Cl2N3/c10-7-3-1-2-6(4-7)8-12-5-13-9(11)14-8/h1-5H. The van der Waals surface area contributed by atoms with Crippen LogP contribution in [0.2, 0.25) is 10.3 Å². The van der Waals surface area contributed by atoms with Crippen LogP contribution in [0.1, 0.15) is 0 Å². The quantitative estimate of drug-likeness (QED) is 0.750. The molecule has 2 rings (SSSR count). The fraction of sp³-hybridized carbons (Fsp3) is 0. The predicted molar refractivity (Wildman–Crippen MR) is 55.3 cm³/mol. The van der Waals surface area contributed by atoms with Crippen molar-refractivity contribution < 1.29 is 0 Å². The molecule has 0 saturated carbocycles. The van der Waals surface area contributed by atoms with Gasteiger partial charge in [-0.15, -0.1) is 0 Å². The molecule has 0 bridgehead atoms. The van der Waals surface area contributed by atoms with Crippen molar-refractivity contribution in [3.05, 3.63) is 40.9 Å². The van der Waals surface area contributed by atoms with E-state index < -0.39 is 0 Å². The highest BCUT2D eigenvalue weighted by atomic mass is 35.5. The monoisotopic (exact) mass is 225 g/mol. The van der Waals surface area contributed by atoms with E-state index in [0.29, 0.717) is 10.8 Å². The van der Waals surface area contributed by atoms with Crippen molar-refractivity contribution in [1.29, 1.82) is 0 Å². The number of aromatic nitrogens is 3. The number of benzene rings is 1. The average Bonchev–Trinajstić information content (AvgIpc) is 2.18. The molecule has 14 heavy (non-hydrogen) atoms. The van der Waals surface area contributed by atoms with Gasteiger partial charge < -0.3 is 0 Å². The molecule has 0 radical (unpaired) electrons. The second kappa shape index (κ2) is 3.90. The van der Waals surface area contributed by atoms with Crippen molar-refractivity contribution in [3.63, 3.8) is 0 Å². The number of nitrogens with zero attached hydrogens (tertiary/aromatic N) is 3. The molecule has 70 valence electrons. The van der Waals surface area contributed by atoms with E-state index in [1.807, 2.05) is 12.1 Å². The van der Waals surface area contributed by atoms with Crippen molar-refractivity contribution in [2.75, 3.05) is 0 Å². The zero-order chi connectivity index (χ0) is 9.97. The van der Waals surface area contributed by atoms with Gasteiger partial charge in [0.25, 0.3) is 0 Å². The summed E-state index contributed by atoms with van der Waals surface area (Å²) in [7, 11) is 0. The summed E-state index contributed by atoms with van der Waals surface area (Å²) in [6.45, 7) is 0. The molecule has 2 aromatic rings. The molecular weight excluding hydrogens is 221 g/mol. The summed E-state index contributed by atoms with van der Waals surface area (Å²) in [5.74, 6) is 0.521. The van der Waals surface area contributed by atoms with E-state index in [4.69, 9.17) is 23.2 Å². The van der Waals surface area contributed by atoms with E-state index in [9.17, 15) is 0 Å². The summed E-state index contributed by atoms with van der Waals surface area (Å²) in [6, 6.07) is 7.24. The molecule has 0 aliphatic rings. The topological polar surface area (TPSA) is 38.7 Å². The van der Waals surface area contributed by atoms with E-state index in [1.54, 1.807) is 12.1 Å². The van der Waals surface area contributed by atoms with Crippen LogP contribution in [-0.4, -0.2) is 15.0 Å². The Bertz CT molecular complexity index is 416. The molecule has 1 aromatic carbocycles. The minimum atomic E-state index is 0.176. The molecule has 0 aliphatic heterocycles. The molecule has 5 heteroatoms. The van der Waals surface area contributed by atoms with E-state index in [1.165, 1.54) is 6.33 Å². The molecule has 0 unspecified atom stereocenters. The minimum Gasteiger partial charge on any atom is -0.216 e. The van der Waals surface area contributed by atoms with Crippen LogP contribution in [0.3, 0.4) is 0 Å². The molecule has 3 nitrogen and oxygen atoms in total. The van der Waals surface area contributed by atoms with Crippen LogP contribution in [0.4, 0.5) is 0 Å². The normalized spacial score (nSPS) is 10.1. The minimum absolute atomic E-state index is 0.176. The lowest BCUT2D eigenvalue weighted by Gasteiger charge is -1.99. The van der Waals surface area contributed by atoms with Crippen LogP contribution in [0.25, 0.3) is 11.4 Å². The zero-order valence-electron chi connectivity index (χ0n) is 6.98. The Morgan fingerprint density at radius 3 is 2.64 bits per heavy atom. The highest BCUT2D eigenvalue weighted by Gasteiger charge is 2.02. The van der Waals surface area contributed by atoms with Gasteiger partial charge in [-0.3, -0.25) is 0 Å². The highest BCUT2D eigenvalue weighted by molar-refractivity contribution is 6.30. The van der Waals surface area contributed by atoms with Crippen LogP contribution in [-0.2, 0) is 0 Å². The Labute approximate surface area is 90.8 Å². The van der Waals surface area contributed by atoms with Gasteiger partial charge in [-0.25, -0.2) is 9.97 Å². The maximum Gasteiger partial charge on any atom is 0.225 e. The van der Waals surface area contributed by atoms with Crippen LogP contribution in [0.5, 0.6) is 0 Å². The second-order valence-corrected chi connectivity index (χ2v) is 3.36. The molecule has 0 saturated heterocycles. The number of hydrogen-bond donors (Lipinski definition) is 0. The van der Waals surface area contributed by atoms with E-state index in [-0.39, 0.29) is 5.28 Å². The molecule has 0 aliphatic carbocycles.